The highest BCUT2D eigenvalue weighted by Crippen LogP contribution is 2.23. The van der Waals surface area contributed by atoms with Crippen molar-refractivity contribution < 1.29 is 9.53 Å². The largest absolute Gasteiger partial charge is 0.465 e. The first-order valence-electron chi connectivity index (χ1n) is 7.32. The summed E-state index contributed by atoms with van der Waals surface area (Å²) in [6, 6.07) is 6.68. The molecular formula is C17H23NO2. The van der Waals surface area contributed by atoms with Crippen LogP contribution in [0.15, 0.2) is 30.9 Å². The summed E-state index contributed by atoms with van der Waals surface area (Å²) >= 11 is 0. The first-order chi connectivity index (χ1) is 9.72. The van der Waals surface area contributed by atoms with Crippen LogP contribution in [0.2, 0.25) is 0 Å². The first-order valence-corrected chi connectivity index (χ1v) is 7.32. The van der Waals surface area contributed by atoms with E-state index in [0.29, 0.717) is 19.7 Å². The fourth-order valence-electron chi connectivity index (χ4n) is 2.74. The molecule has 0 N–H and O–H groups in total. The van der Waals surface area contributed by atoms with E-state index >= 15 is 0 Å². The molecule has 3 nitrogen and oxygen atoms in total. The van der Waals surface area contributed by atoms with E-state index in [4.69, 9.17) is 4.74 Å². The summed E-state index contributed by atoms with van der Waals surface area (Å²) in [5.74, 6) is -0.171. The third kappa shape index (κ3) is 3.94. The average molecular weight is 273 g/mol. The molecule has 0 atom stereocenters. The molecule has 0 saturated heterocycles. The van der Waals surface area contributed by atoms with Gasteiger partial charge in [-0.1, -0.05) is 24.3 Å². The van der Waals surface area contributed by atoms with Gasteiger partial charge in [0, 0.05) is 13.1 Å². The minimum absolute atomic E-state index is 0.171. The van der Waals surface area contributed by atoms with Crippen LogP contribution in [0.25, 0.3) is 0 Å². The minimum atomic E-state index is -0.171. The summed E-state index contributed by atoms with van der Waals surface area (Å²) < 4.78 is 5.02. The summed E-state index contributed by atoms with van der Waals surface area (Å²) in [6.45, 7) is 7.79. The average Bonchev–Trinajstić information content (AvgIpc) is 2.86. The van der Waals surface area contributed by atoms with Gasteiger partial charge in [-0.15, -0.1) is 6.58 Å². The Bertz CT molecular complexity index is 482. The van der Waals surface area contributed by atoms with Gasteiger partial charge in [0.05, 0.1) is 13.2 Å². The predicted octanol–water partition coefficient (Wildman–Crippen LogP) is 2.73. The monoisotopic (exact) mass is 273 g/mol. The Labute approximate surface area is 121 Å². The van der Waals surface area contributed by atoms with E-state index < -0.39 is 0 Å². The Balaban J connectivity index is 2.00. The second kappa shape index (κ2) is 7.25. The number of aryl methyl sites for hydroxylation is 2. The van der Waals surface area contributed by atoms with Crippen molar-refractivity contribution in [2.75, 3.05) is 19.7 Å². The van der Waals surface area contributed by atoms with Gasteiger partial charge >= 0.3 is 5.97 Å². The zero-order valence-electron chi connectivity index (χ0n) is 12.2. The molecule has 1 aliphatic carbocycles. The number of esters is 1. The molecule has 108 valence electrons. The normalized spacial score (nSPS) is 13.3. The van der Waals surface area contributed by atoms with Crippen LogP contribution in [0.5, 0.6) is 0 Å². The van der Waals surface area contributed by atoms with E-state index in [1.807, 2.05) is 13.0 Å². The molecule has 0 amide bonds. The highest BCUT2D eigenvalue weighted by Gasteiger charge is 2.14. The number of hydrogen-bond donors (Lipinski definition) is 0. The summed E-state index contributed by atoms with van der Waals surface area (Å²) in [6.07, 6.45) is 5.47. The Morgan fingerprint density at radius 2 is 2.20 bits per heavy atom. The fourth-order valence-corrected chi connectivity index (χ4v) is 2.74. The fraction of sp³-hybridized carbons (Fsp3) is 0.471. The number of carbonyl (C=O) groups is 1. The van der Waals surface area contributed by atoms with E-state index in [-0.39, 0.29) is 5.97 Å². The number of rotatable bonds is 7. The minimum Gasteiger partial charge on any atom is -0.465 e. The Morgan fingerprint density at radius 1 is 1.40 bits per heavy atom. The Kier molecular flexibility index (Phi) is 5.36. The lowest BCUT2D eigenvalue weighted by molar-refractivity contribution is -0.144. The van der Waals surface area contributed by atoms with Crippen LogP contribution in [0.1, 0.15) is 30.0 Å². The van der Waals surface area contributed by atoms with Crippen LogP contribution in [0.3, 0.4) is 0 Å². The van der Waals surface area contributed by atoms with Gasteiger partial charge in [0.2, 0.25) is 0 Å². The molecule has 3 heteroatoms. The third-order valence-corrected chi connectivity index (χ3v) is 3.61. The van der Waals surface area contributed by atoms with Crippen molar-refractivity contribution in [2.24, 2.45) is 0 Å². The number of nitrogens with zero attached hydrogens (tertiary/aromatic N) is 1. The molecule has 2 rings (SSSR count). The molecular weight excluding hydrogens is 250 g/mol. The van der Waals surface area contributed by atoms with Crippen LogP contribution in [0.4, 0.5) is 0 Å². The van der Waals surface area contributed by atoms with Crippen LogP contribution in [-0.2, 0) is 28.9 Å². The van der Waals surface area contributed by atoms with Gasteiger partial charge in [0.25, 0.3) is 0 Å². The van der Waals surface area contributed by atoms with Gasteiger partial charge in [-0.25, -0.2) is 0 Å². The molecule has 1 aromatic carbocycles. The SMILES string of the molecule is C=CCN(CC(=O)OCC)Cc1ccc2c(c1)CCC2. The van der Waals surface area contributed by atoms with E-state index in [1.165, 1.54) is 36.0 Å². The zero-order valence-corrected chi connectivity index (χ0v) is 12.2. The maximum absolute atomic E-state index is 11.6. The molecule has 0 aromatic heterocycles. The second-order valence-electron chi connectivity index (χ2n) is 5.22. The number of carbonyl (C=O) groups excluding carboxylic acids is 1. The topological polar surface area (TPSA) is 29.5 Å². The van der Waals surface area contributed by atoms with Gasteiger partial charge in [0.15, 0.2) is 0 Å². The van der Waals surface area contributed by atoms with E-state index in [1.54, 1.807) is 0 Å². The van der Waals surface area contributed by atoms with E-state index in [9.17, 15) is 4.79 Å². The summed E-state index contributed by atoms with van der Waals surface area (Å²) in [7, 11) is 0. The third-order valence-electron chi connectivity index (χ3n) is 3.61. The lowest BCUT2D eigenvalue weighted by Crippen LogP contribution is -2.30. The van der Waals surface area contributed by atoms with Crippen molar-refractivity contribution in [3.63, 3.8) is 0 Å². The molecule has 0 saturated carbocycles. The number of fused-ring (bicyclic) bond motifs is 1. The highest BCUT2D eigenvalue weighted by molar-refractivity contribution is 5.71. The van der Waals surface area contributed by atoms with Gasteiger partial charge in [-0.2, -0.15) is 0 Å². The van der Waals surface area contributed by atoms with Crippen LogP contribution < -0.4 is 0 Å². The van der Waals surface area contributed by atoms with E-state index in [2.05, 4.69) is 29.7 Å². The van der Waals surface area contributed by atoms with Crippen molar-refractivity contribution in [3.8, 4) is 0 Å². The van der Waals surface area contributed by atoms with Crippen molar-refractivity contribution >= 4 is 5.97 Å². The van der Waals surface area contributed by atoms with Crippen LogP contribution in [0, 0.1) is 0 Å². The van der Waals surface area contributed by atoms with Gasteiger partial charge < -0.3 is 4.74 Å². The molecule has 1 aromatic rings. The van der Waals surface area contributed by atoms with Crippen LogP contribution >= 0.6 is 0 Å². The molecule has 0 fully saturated rings. The molecule has 0 bridgehead atoms. The molecule has 0 radical (unpaired) electrons. The quantitative estimate of drug-likeness (QED) is 0.565. The van der Waals surface area contributed by atoms with E-state index in [0.717, 1.165) is 6.54 Å². The van der Waals surface area contributed by atoms with Crippen molar-refractivity contribution in [1.82, 2.24) is 4.90 Å². The highest BCUT2D eigenvalue weighted by atomic mass is 16.5. The summed E-state index contributed by atoms with van der Waals surface area (Å²) in [5, 5.41) is 0. The first kappa shape index (κ1) is 14.8. The molecule has 0 heterocycles. The molecule has 1 aliphatic rings. The van der Waals surface area contributed by atoms with Gasteiger partial charge in [-0.05, 0) is 42.9 Å². The standard InChI is InChI=1S/C17H23NO2/c1-3-10-18(13-17(19)20-4-2)12-14-8-9-15-6-5-7-16(15)11-14/h3,8-9,11H,1,4-7,10,12-13H2,2H3. The smallest absolute Gasteiger partial charge is 0.320 e. The molecule has 20 heavy (non-hydrogen) atoms. The molecule has 0 spiro atoms. The van der Waals surface area contributed by atoms with Gasteiger partial charge in [0.1, 0.15) is 0 Å². The van der Waals surface area contributed by atoms with Crippen molar-refractivity contribution in [3.05, 3.63) is 47.5 Å². The van der Waals surface area contributed by atoms with Crippen molar-refractivity contribution in [1.29, 1.82) is 0 Å². The number of ether oxygens (including phenoxy) is 1. The Morgan fingerprint density at radius 3 is 2.95 bits per heavy atom. The number of benzene rings is 1. The predicted molar refractivity (Wildman–Crippen MR) is 80.6 cm³/mol. The second-order valence-corrected chi connectivity index (χ2v) is 5.22. The molecule has 0 aliphatic heterocycles. The zero-order chi connectivity index (χ0) is 14.4. The summed E-state index contributed by atoms with van der Waals surface area (Å²) in [5.41, 5.74) is 4.21. The van der Waals surface area contributed by atoms with Gasteiger partial charge in [-0.3, -0.25) is 9.69 Å². The van der Waals surface area contributed by atoms with Crippen molar-refractivity contribution in [2.45, 2.75) is 32.7 Å². The van der Waals surface area contributed by atoms with Crippen LogP contribution in [-0.4, -0.2) is 30.6 Å². The lowest BCUT2D eigenvalue weighted by Gasteiger charge is -2.20. The maximum atomic E-state index is 11.6. The lowest BCUT2D eigenvalue weighted by atomic mass is 10.1. The maximum Gasteiger partial charge on any atom is 0.320 e. The molecule has 0 unspecified atom stereocenters. The number of hydrogen-bond acceptors (Lipinski definition) is 3. The Hall–Kier alpha value is -1.61. The summed E-state index contributed by atoms with van der Waals surface area (Å²) in [4.78, 5) is 13.7.